The summed E-state index contributed by atoms with van der Waals surface area (Å²) < 4.78 is 11.6. The zero-order chi connectivity index (χ0) is 22.5. The molecule has 2 rings (SSSR count). The molecular formula is C19H22BrN3O7. The highest BCUT2D eigenvalue weighted by atomic mass is 79.9. The van der Waals surface area contributed by atoms with Gasteiger partial charge in [-0.05, 0) is 35.3 Å². The van der Waals surface area contributed by atoms with E-state index in [1.807, 2.05) is 5.32 Å². The molecule has 0 saturated carbocycles. The van der Waals surface area contributed by atoms with E-state index in [-0.39, 0.29) is 23.4 Å². The van der Waals surface area contributed by atoms with Crippen LogP contribution in [0.25, 0.3) is 0 Å². The zero-order valence-corrected chi connectivity index (χ0v) is 18.2. The third-order valence-electron chi connectivity index (χ3n) is 4.39. The average molecular weight is 484 g/mol. The number of hydrogen-bond acceptors (Lipinski definition) is 6. The molecule has 10 nitrogen and oxygen atoms in total. The number of aryl methyl sites for hydroxylation is 1. The molecule has 0 spiro atoms. The van der Waals surface area contributed by atoms with E-state index in [2.05, 4.69) is 21.0 Å². The number of nitrogens with one attached hydrogen (secondary N) is 2. The Bertz CT molecular complexity index is 966. The Kier molecular flexibility index (Phi) is 7.43. The highest BCUT2D eigenvalue weighted by Crippen LogP contribution is 2.39. The lowest BCUT2D eigenvalue weighted by atomic mass is 9.76. The fraction of sp³-hybridized carbons (Fsp3) is 0.368. The van der Waals surface area contributed by atoms with Crippen LogP contribution in [0.5, 0.6) is 0 Å². The maximum Gasteiger partial charge on any atom is 0.406 e. The summed E-state index contributed by atoms with van der Waals surface area (Å²) >= 11 is 3.19. The number of H-pyrrole nitrogens is 1. The molecule has 0 aliphatic carbocycles. The number of carboxylic acid groups (broad SMARTS) is 1. The van der Waals surface area contributed by atoms with Gasteiger partial charge in [0.1, 0.15) is 4.47 Å². The maximum absolute atomic E-state index is 13.2. The van der Waals surface area contributed by atoms with Crippen molar-refractivity contribution >= 4 is 34.0 Å². The number of halogens is 1. The standard InChI is InChI=1S/C19H22BrN3O7/c1-4-29-16(25)19(21-18(27)28,17(26)30-5-2)12(11-9-7-6-8-10-11)14-13(20)15(24)22-23(14)3/h6-10,12,21H,4-5H2,1-3H3,(H,22,24)(H,27,28). The van der Waals surface area contributed by atoms with Crippen molar-refractivity contribution in [2.75, 3.05) is 13.2 Å². The van der Waals surface area contributed by atoms with E-state index in [1.54, 1.807) is 30.3 Å². The van der Waals surface area contributed by atoms with Crippen LogP contribution >= 0.6 is 15.9 Å². The van der Waals surface area contributed by atoms with Crippen molar-refractivity contribution in [2.45, 2.75) is 25.3 Å². The molecule has 1 atom stereocenters. The Morgan fingerprint density at radius 2 is 1.70 bits per heavy atom. The van der Waals surface area contributed by atoms with Crippen LogP contribution in [0, 0.1) is 0 Å². The monoisotopic (exact) mass is 483 g/mol. The normalized spacial score (nSPS) is 12.1. The lowest BCUT2D eigenvalue weighted by Crippen LogP contribution is -2.65. The molecule has 30 heavy (non-hydrogen) atoms. The third-order valence-corrected chi connectivity index (χ3v) is 5.16. The number of nitrogens with zero attached hydrogens (tertiary/aromatic N) is 1. The molecule has 1 heterocycles. The van der Waals surface area contributed by atoms with Gasteiger partial charge in [-0.25, -0.2) is 14.4 Å². The van der Waals surface area contributed by atoms with E-state index >= 15 is 0 Å². The second-order valence-electron chi connectivity index (χ2n) is 6.22. The first-order valence-electron chi connectivity index (χ1n) is 9.05. The van der Waals surface area contributed by atoms with Gasteiger partial charge in [0.25, 0.3) is 11.1 Å². The van der Waals surface area contributed by atoms with Crippen molar-refractivity contribution in [3.05, 3.63) is 56.4 Å². The SMILES string of the molecule is CCOC(=O)C(NC(=O)O)(C(=O)OCC)C(c1ccccc1)c1c(Br)c(=O)[nH]n1C. The van der Waals surface area contributed by atoms with Crippen molar-refractivity contribution in [1.29, 1.82) is 0 Å². The minimum absolute atomic E-state index is 0.0315. The van der Waals surface area contributed by atoms with Crippen molar-refractivity contribution in [1.82, 2.24) is 15.1 Å². The van der Waals surface area contributed by atoms with Gasteiger partial charge in [0.15, 0.2) is 0 Å². The molecule has 11 heteroatoms. The second kappa shape index (κ2) is 9.61. The average Bonchev–Trinajstić information content (AvgIpc) is 2.94. The van der Waals surface area contributed by atoms with E-state index in [4.69, 9.17) is 9.47 Å². The first kappa shape index (κ1) is 23.2. The predicted octanol–water partition coefficient (Wildman–Crippen LogP) is 1.74. The predicted molar refractivity (Wildman–Crippen MR) is 109 cm³/mol. The first-order valence-corrected chi connectivity index (χ1v) is 9.84. The lowest BCUT2D eigenvalue weighted by molar-refractivity contribution is -0.167. The first-order chi connectivity index (χ1) is 14.2. The molecule has 0 saturated heterocycles. The Morgan fingerprint density at radius 1 is 1.17 bits per heavy atom. The number of hydrogen-bond donors (Lipinski definition) is 3. The number of carbonyl (C=O) groups is 3. The number of benzene rings is 1. The lowest BCUT2D eigenvalue weighted by Gasteiger charge is -2.36. The molecule has 1 aromatic heterocycles. The summed E-state index contributed by atoms with van der Waals surface area (Å²) in [6.45, 7) is 2.81. The Labute approximate surface area is 180 Å². The molecule has 1 unspecified atom stereocenters. The van der Waals surface area contributed by atoms with Crippen LogP contribution < -0.4 is 10.9 Å². The summed E-state index contributed by atoms with van der Waals surface area (Å²) in [5.41, 5.74) is -2.51. The molecule has 0 radical (unpaired) electrons. The molecule has 0 fully saturated rings. The molecule has 0 aliphatic rings. The number of aromatic nitrogens is 2. The van der Waals surface area contributed by atoms with Gasteiger partial charge in [0, 0.05) is 7.05 Å². The number of amides is 1. The maximum atomic E-state index is 13.2. The van der Waals surface area contributed by atoms with Crippen LogP contribution in [-0.4, -0.2) is 51.7 Å². The molecule has 0 aliphatic heterocycles. The van der Waals surface area contributed by atoms with Gasteiger partial charge < -0.3 is 14.6 Å². The molecular weight excluding hydrogens is 462 g/mol. The number of esters is 2. The second-order valence-corrected chi connectivity index (χ2v) is 7.01. The van der Waals surface area contributed by atoms with Crippen LogP contribution in [-0.2, 0) is 26.1 Å². The van der Waals surface area contributed by atoms with Gasteiger partial charge >= 0.3 is 18.0 Å². The molecule has 2 aromatic rings. The van der Waals surface area contributed by atoms with Crippen LogP contribution in [0.15, 0.2) is 39.6 Å². The van der Waals surface area contributed by atoms with E-state index in [1.165, 1.54) is 25.6 Å². The van der Waals surface area contributed by atoms with E-state index < -0.39 is 35.0 Å². The van der Waals surface area contributed by atoms with Gasteiger partial charge in [-0.15, -0.1) is 0 Å². The third kappa shape index (κ3) is 4.25. The van der Waals surface area contributed by atoms with Crippen LogP contribution in [0.1, 0.15) is 31.0 Å². The van der Waals surface area contributed by atoms with E-state index in [0.29, 0.717) is 5.56 Å². The number of aromatic amines is 1. The minimum Gasteiger partial charge on any atom is -0.465 e. The van der Waals surface area contributed by atoms with Gasteiger partial charge in [-0.2, -0.15) is 0 Å². The highest BCUT2D eigenvalue weighted by molar-refractivity contribution is 9.10. The highest BCUT2D eigenvalue weighted by Gasteiger charge is 2.59. The fourth-order valence-corrected chi connectivity index (χ4v) is 3.84. The van der Waals surface area contributed by atoms with E-state index in [9.17, 15) is 24.3 Å². The summed E-state index contributed by atoms with van der Waals surface area (Å²) in [6, 6.07) is 8.23. The van der Waals surface area contributed by atoms with Crippen LogP contribution in [0.2, 0.25) is 0 Å². The molecule has 3 N–H and O–H groups in total. The Morgan fingerprint density at radius 3 is 2.10 bits per heavy atom. The summed E-state index contributed by atoms with van der Waals surface area (Å²) in [7, 11) is 1.50. The van der Waals surface area contributed by atoms with Crippen molar-refractivity contribution in [3.63, 3.8) is 0 Å². The van der Waals surface area contributed by atoms with Gasteiger partial charge in [-0.1, -0.05) is 30.3 Å². The quantitative estimate of drug-likeness (QED) is 0.383. The van der Waals surface area contributed by atoms with Gasteiger partial charge in [0.05, 0.1) is 24.8 Å². The van der Waals surface area contributed by atoms with E-state index in [0.717, 1.165) is 0 Å². The smallest absolute Gasteiger partial charge is 0.406 e. The summed E-state index contributed by atoms with van der Waals surface area (Å²) in [6.07, 6.45) is -1.64. The van der Waals surface area contributed by atoms with Crippen molar-refractivity contribution < 1.29 is 29.0 Å². The van der Waals surface area contributed by atoms with Crippen molar-refractivity contribution in [2.24, 2.45) is 7.05 Å². The van der Waals surface area contributed by atoms with Crippen LogP contribution in [0.3, 0.4) is 0 Å². The minimum atomic E-state index is -2.52. The Balaban J connectivity index is 2.96. The topological polar surface area (TPSA) is 140 Å². The van der Waals surface area contributed by atoms with Crippen molar-refractivity contribution in [3.8, 4) is 0 Å². The summed E-state index contributed by atoms with van der Waals surface area (Å²) in [5, 5.41) is 14.1. The largest absolute Gasteiger partial charge is 0.465 e. The number of rotatable bonds is 8. The fourth-order valence-electron chi connectivity index (χ4n) is 3.26. The summed E-state index contributed by atoms with van der Waals surface area (Å²) in [4.78, 5) is 50.3. The van der Waals surface area contributed by atoms with Crippen LogP contribution in [0.4, 0.5) is 4.79 Å². The Hall–Kier alpha value is -3.08. The molecule has 0 bridgehead atoms. The van der Waals surface area contributed by atoms with Gasteiger partial charge in [-0.3, -0.25) is 19.9 Å². The number of ether oxygens (including phenoxy) is 2. The van der Waals surface area contributed by atoms with Gasteiger partial charge in [0.2, 0.25) is 0 Å². The number of carbonyl (C=O) groups excluding carboxylic acids is 2. The molecule has 1 amide bonds. The molecule has 162 valence electrons. The zero-order valence-electron chi connectivity index (χ0n) is 16.6. The molecule has 1 aromatic carbocycles. The summed E-state index contributed by atoms with van der Waals surface area (Å²) in [5.74, 6) is -3.60.